The summed E-state index contributed by atoms with van der Waals surface area (Å²) in [6.07, 6.45) is 0. The normalized spacial score (nSPS) is 13.2. The second kappa shape index (κ2) is 10.0. The van der Waals surface area contributed by atoms with E-state index in [2.05, 4.69) is 68.4 Å². The zero-order valence-corrected chi connectivity index (χ0v) is 25.4. The van der Waals surface area contributed by atoms with Gasteiger partial charge in [-0.25, -0.2) is 19.9 Å². The number of pyridine rings is 1. The minimum Gasteiger partial charge on any atom is -0.454 e. The van der Waals surface area contributed by atoms with Crippen molar-refractivity contribution in [3.63, 3.8) is 0 Å². The Bertz CT molecular complexity index is 2370. The van der Waals surface area contributed by atoms with Crippen LogP contribution in [0.1, 0.15) is 25.0 Å². The van der Waals surface area contributed by atoms with Gasteiger partial charge in [0.05, 0.1) is 5.69 Å². The van der Waals surface area contributed by atoms with Gasteiger partial charge in [-0.05, 0) is 23.3 Å². The largest absolute Gasteiger partial charge is 0.454 e. The Hall–Kier alpha value is -5.94. The Balaban J connectivity index is 1.23. The van der Waals surface area contributed by atoms with Crippen molar-refractivity contribution in [1.82, 2.24) is 19.9 Å². The fourth-order valence-corrected chi connectivity index (χ4v) is 6.88. The molecule has 0 unspecified atom stereocenters. The van der Waals surface area contributed by atoms with Gasteiger partial charge < -0.3 is 4.42 Å². The molecule has 0 fully saturated rings. The molecule has 5 aromatic carbocycles. The molecule has 0 saturated carbocycles. The summed E-state index contributed by atoms with van der Waals surface area (Å²) < 4.78 is 6.52. The Morgan fingerprint density at radius 2 is 1.02 bits per heavy atom. The molecule has 1 aliphatic carbocycles. The Morgan fingerprint density at radius 3 is 1.67 bits per heavy atom. The van der Waals surface area contributed by atoms with Gasteiger partial charge in [0.15, 0.2) is 23.1 Å². The summed E-state index contributed by atoms with van der Waals surface area (Å²) in [5.41, 5.74) is 11.9. The summed E-state index contributed by atoms with van der Waals surface area (Å²) in [6.45, 7) is 4.57. The smallest absolute Gasteiger partial charge is 0.164 e. The lowest BCUT2D eigenvalue weighted by Gasteiger charge is -2.24. The van der Waals surface area contributed by atoms with Crippen LogP contribution >= 0.6 is 0 Å². The first-order valence-electron chi connectivity index (χ1n) is 15.5. The molecular formula is C41H28N4O. The van der Waals surface area contributed by atoms with E-state index in [0.717, 1.165) is 55.6 Å². The first-order chi connectivity index (χ1) is 22.6. The van der Waals surface area contributed by atoms with Gasteiger partial charge in [-0.15, -0.1) is 0 Å². The zero-order valence-electron chi connectivity index (χ0n) is 25.4. The highest BCUT2D eigenvalue weighted by molar-refractivity contribution is 6.11. The quantitative estimate of drug-likeness (QED) is 0.203. The minimum atomic E-state index is -0.260. The van der Waals surface area contributed by atoms with E-state index >= 15 is 0 Å². The fraction of sp³-hybridized carbons (Fsp3) is 0.0732. The molecule has 218 valence electrons. The predicted molar refractivity (Wildman–Crippen MR) is 184 cm³/mol. The lowest BCUT2D eigenvalue weighted by Crippen LogP contribution is -2.17. The molecule has 3 heterocycles. The van der Waals surface area contributed by atoms with Crippen molar-refractivity contribution in [2.24, 2.45) is 0 Å². The number of rotatable bonds is 4. The van der Waals surface area contributed by atoms with Gasteiger partial charge in [0.1, 0.15) is 11.1 Å². The second-order valence-corrected chi connectivity index (χ2v) is 12.3. The third kappa shape index (κ3) is 4.02. The molecule has 0 radical (unpaired) electrons. The van der Waals surface area contributed by atoms with E-state index in [4.69, 9.17) is 24.4 Å². The number of fused-ring (bicyclic) bond motifs is 7. The highest BCUT2D eigenvalue weighted by atomic mass is 16.3. The lowest BCUT2D eigenvalue weighted by atomic mass is 9.80. The standard InChI is InChI=1S/C41H28N4O/c1-41(2)31-19-11-9-17-29(31)33-34(41)35(42-36-30-18-10-12-20-32(30)46-37(33)36)25-21-23-28(24-22-25)40-44-38(26-13-5-3-6-14-26)43-39(45-40)27-15-7-4-8-16-27/h3-24H,1-2H3. The molecule has 0 saturated heterocycles. The van der Waals surface area contributed by atoms with Crippen LogP contribution in [0.15, 0.2) is 138 Å². The van der Waals surface area contributed by atoms with Crippen molar-refractivity contribution in [1.29, 1.82) is 0 Å². The third-order valence-corrected chi connectivity index (χ3v) is 9.12. The summed E-state index contributed by atoms with van der Waals surface area (Å²) in [6, 6.07) is 45.4. The average Bonchev–Trinajstić information content (AvgIpc) is 3.61. The van der Waals surface area contributed by atoms with Gasteiger partial charge >= 0.3 is 0 Å². The topological polar surface area (TPSA) is 64.7 Å². The number of para-hydroxylation sites is 1. The predicted octanol–water partition coefficient (Wildman–Crippen LogP) is 10.1. The van der Waals surface area contributed by atoms with E-state index in [1.54, 1.807) is 0 Å². The number of aromatic nitrogens is 4. The van der Waals surface area contributed by atoms with Gasteiger partial charge in [-0.3, -0.25) is 0 Å². The zero-order chi connectivity index (χ0) is 30.8. The first-order valence-corrected chi connectivity index (χ1v) is 15.5. The SMILES string of the molecule is CC1(C)c2ccccc2-c2c1c(-c1ccc(-c3nc(-c4ccccc4)nc(-c4ccccc4)n3)cc1)nc1c2oc2ccccc21. The summed E-state index contributed by atoms with van der Waals surface area (Å²) in [4.78, 5) is 20.1. The molecule has 0 aliphatic heterocycles. The molecule has 46 heavy (non-hydrogen) atoms. The fourth-order valence-electron chi connectivity index (χ4n) is 6.88. The van der Waals surface area contributed by atoms with Crippen LogP contribution in [0, 0.1) is 0 Å². The molecule has 0 N–H and O–H groups in total. The van der Waals surface area contributed by atoms with Gasteiger partial charge in [0, 0.05) is 44.2 Å². The van der Waals surface area contributed by atoms with E-state index in [-0.39, 0.29) is 5.41 Å². The van der Waals surface area contributed by atoms with Crippen LogP contribution in [-0.4, -0.2) is 19.9 Å². The molecule has 9 rings (SSSR count). The molecule has 0 amide bonds. The summed E-state index contributed by atoms with van der Waals surface area (Å²) in [5.74, 6) is 1.91. The van der Waals surface area contributed by atoms with Gasteiger partial charge in [0.25, 0.3) is 0 Å². The van der Waals surface area contributed by atoms with E-state index in [0.29, 0.717) is 17.5 Å². The van der Waals surface area contributed by atoms with Crippen LogP contribution < -0.4 is 0 Å². The maximum Gasteiger partial charge on any atom is 0.164 e. The van der Waals surface area contributed by atoms with Crippen molar-refractivity contribution in [3.05, 3.63) is 145 Å². The van der Waals surface area contributed by atoms with Crippen LogP contribution in [0.4, 0.5) is 0 Å². The van der Waals surface area contributed by atoms with E-state index in [9.17, 15) is 0 Å². The Labute approximate surface area is 266 Å². The van der Waals surface area contributed by atoms with Crippen molar-refractivity contribution >= 4 is 22.1 Å². The molecule has 0 bridgehead atoms. The molecule has 8 aromatic rings. The van der Waals surface area contributed by atoms with E-state index in [1.807, 2.05) is 78.9 Å². The van der Waals surface area contributed by atoms with Crippen LogP contribution in [0.2, 0.25) is 0 Å². The molecule has 0 atom stereocenters. The summed E-state index contributed by atoms with van der Waals surface area (Å²) >= 11 is 0. The molecule has 0 spiro atoms. The highest BCUT2D eigenvalue weighted by Crippen LogP contribution is 2.55. The summed E-state index contributed by atoms with van der Waals surface area (Å²) in [5, 5.41) is 1.02. The van der Waals surface area contributed by atoms with Crippen molar-refractivity contribution in [2.75, 3.05) is 0 Å². The molecule has 1 aliphatic rings. The monoisotopic (exact) mass is 592 g/mol. The molecular weight excluding hydrogens is 564 g/mol. The van der Waals surface area contributed by atoms with Crippen LogP contribution in [-0.2, 0) is 5.41 Å². The Kier molecular flexibility index (Phi) is 5.78. The maximum atomic E-state index is 6.52. The molecule has 5 heteroatoms. The van der Waals surface area contributed by atoms with Crippen molar-refractivity contribution < 1.29 is 4.42 Å². The average molecular weight is 593 g/mol. The highest BCUT2D eigenvalue weighted by Gasteiger charge is 2.40. The Morgan fingerprint density at radius 1 is 0.500 bits per heavy atom. The lowest BCUT2D eigenvalue weighted by molar-refractivity contribution is 0.651. The van der Waals surface area contributed by atoms with Crippen molar-refractivity contribution in [3.8, 4) is 56.5 Å². The van der Waals surface area contributed by atoms with Crippen LogP contribution in [0.5, 0.6) is 0 Å². The van der Waals surface area contributed by atoms with E-state index in [1.165, 1.54) is 16.7 Å². The number of nitrogens with zero attached hydrogens (tertiary/aromatic N) is 4. The van der Waals surface area contributed by atoms with E-state index < -0.39 is 0 Å². The van der Waals surface area contributed by atoms with Crippen LogP contribution in [0.3, 0.4) is 0 Å². The molecule has 3 aromatic heterocycles. The van der Waals surface area contributed by atoms with Crippen LogP contribution in [0.25, 0.3) is 78.6 Å². The number of benzene rings is 5. The number of hydrogen-bond acceptors (Lipinski definition) is 5. The summed E-state index contributed by atoms with van der Waals surface area (Å²) in [7, 11) is 0. The van der Waals surface area contributed by atoms with Gasteiger partial charge in [-0.2, -0.15) is 0 Å². The second-order valence-electron chi connectivity index (χ2n) is 12.3. The number of furan rings is 1. The number of hydrogen-bond donors (Lipinski definition) is 0. The van der Waals surface area contributed by atoms with Gasteiger partial charge in [-0.1, -0.05) is 135 Å². The van der Waals surface area contributed by atoms with Crippen molar-refractivity contribution in [2.45, 2.75) is 19.3 Å². The first kappa shape index (κ1) is 26.5. The van der Waals surface area contributed by atoms with Gasteiger partial charge in [0.2, 0.25) is 0 Å². The maximum absolute atomic E-state index is 6.52. The molecule has 5 nitrogen and oxygen atoms in total. The minimum absolute atomic E-state index is 0.260. The third-order valence-electron chi connectivity index (χ3n) is 9.12.